The Balaban J connectivity index is 1.91. The fourth-order valence-corrected chi connectivity index (χ4v) is 4.25. The highest BCUT2D eigenvalue weighted by atomic mass is 79.9. The second kappa shape index (κ2) is 5.16. The minimum Gasteiger partial charge on any atom is -0.491 e. The highest BCUT2D eigenvalue weighted by Gasteiger charge is 2.63. The number of rotatable bonds is 3. The van der Waals surface area contributed by atoms with Crippen LogP contribution in [0, 0.1) is 24.2 Å². The van der Waals surface area contributed by atoms with E-state index < -0.39 is 0 Å². The lowest BCUT2D eigenvalue weighted by Crippen LogP contribution is -2.34. The highest BCUT2D eigenvalue weighted by molar-refractivity contribution is 9.11. The quantitative estimate of drug-likeness (QED) is 0.576. The zero-order chi connectivity index (χ0) is 13.6. The van der Waals surface area contributed by atoms with Gasteiger partial charge in [0, 0.05) is 16.8 Å². The molecule has 0 aromatic rings. The molecule has 0 amide bonds. The second-order valence-corrected chi connectivity index (χ2v) is 6.69. The van der Waals surface area contributed by atoms with Gasteiger partial charge in [0.25, 0.3) is 0 Å². The average molecular weight is 344 g/mol. The monoisotopic (exact) mass is 342 g/mol. The third-order valence-electron chi connectivity index (χ3n) is 4.26. The van der Waals surface area contributed by atoms with Crippen LogP contribution in [0.25, 0.3) is 0 Å². The first-order chi connectivity index (χ1) is 9.17. The van der Waals surface area contributed by atoms with E-state index in [9.17, 15) is 0 Å². The van der Waals surface area contributed by atoms with Gasteiger partial charge in [-0.25, -0.2) is 0 Å². The molecule has 0 aromatic carbocycles. The summed E-state index contributed by atoms with van der Waals surface area (Å²) in [5, 5.41) is -0.106. The molecule has 2 bridgehead atoms. The van der Waals surface area contributed by atoms with Crippen molar-refractivity contribution in [1.82, 2.24) is 0 Å². The molecule has 4 heteroatoms. The lowest BCUT2D eigenvalue weighted by molar-refractivity contribution is 0.0690. The molecule has 0 N–H and O–H groups in total. The van der Waals surface area contributed by atoms with Crippen LogP contribution in [-0.4, -0.2) is 23.7 Å². The van der Waals surface area contributed by atoms with Crippen LogP contribution in [0.5, 0.6) is 0 Å². The Morgan fingerprint density at radius 1 is 1.63 bits per heavy atom. The molecule has 0 aromatic heterocycles. The number of alkyl halides is 1. The molecule has 3 aliphatic heterocycles. The Kier molecular flexibility index (Phi) is 3.68. The van der Waals surface area contributed by atoms with Gasteiger partial charge in [0.15, 0.2) is 0 Å². The summed E-state index contributed by atoms with van der Waals surface area (Å²) in [6.45, 7) is 2.11. The number of allylic oxidation sites excluding steroid dienone is 3. The largest absolute Gasteiger partial charge is 0.491 e. The number of terminal acetylenes is 1. The summed E-state index contributed by atoms with van der Waals surface area (Å²) in [4.78, 5) is 0. The lowest BCUT2D eigenvalue weighted by Gasteiger charge is -2.25. The van der Waals surface area contributed by atoms with Crippen LogP contribution >= 0.6 is 27.5 Å². The van der Waals surface area contributed by atoms with Crippen molar-refractivity contribution in [1.29, 1.82) is 0 Å². The fraction of sp³-hybridized carbons (Fsp3) is 0.600. The zero-order valence-electron chi connectivity index (χ0n) is 10.7. The van der Waals surface area contributed by atoms with Gasteiger partial charge in [-0.05, 0) is 12.5 Å². The second-order valence-electron chi connectivity index (χ2n) is 5.23. The summed E-state index contributed by atoms with van der Waals surface area (Å²) >= 11 is 10.1. The van der Waals surface area contributed by atoms with Crippen LogP contribution < -0.4 is 0 Å². The molecule has 3 aliphatic rings. The van der Waals surface area contributed by atoms with Crippen LogP contribution in [0.2, 0.25) is 0 Å². The average Bonchev–Trinajstić information content (AvgIpc) is 3.02. The molecule has 5 unspecified atom stereocenters. The van der Waals surface area contributed by atoms with Gasteiger partial charge in [0.05, 0.1) is 17.4 Å². The molecule has 0 radical (unpaired) electrons. The summed E-state index contributed by atoms with van der Waals surface area (Å²) in [6, 6.07) is 0. The third-order valence-corrected chi connectivity index (χ3v) is 5.65. The molecule has 2 nitrogen and oxygen atoms in total. The van der Waals surface area contributed by atoms with Crippen molar-refractivity contribution in [2.45, 2.75) is 43.5 Å². The first-order valence-corrected chi connectivity index (χ1v) is 7.87. The summed E-state index contributed by atoms with van der Waals surface area (Å²) in [6.07, 6.45) is 11.3. The van der Waals surface area contributed by atoms with Gasteiger partial charge in [-0.2, -0.15) is 0 Å². The molecule has 0 spiro atoms. The van der Waals surface area contributed by atoms with Crippen LogP contribution in [0.3, 0.4) is 0 Å². The van der Waals surface area contributed by atoms with E-state index in [-0.39, 0.29) is 35.5 Å². The zero-order valence-corrected chi connectivity index (χ0v) is 13.0. The molecular weight excluding hydrogens is 328 g/mol. The molecule has 0 saturated carbocycles. The van der Waals surface area contributed by atoms with Gasteiger partial charge < -0.3 is 9.47 Å². The van der Waals surface area contributed by atoms with Crippen LogP contribution in [0.15, 0.2) is 22.4 Å². The molecule has 102 valence electrons. The van der Waals surface area contributed by atoms with Gasteiger partial charge in [-0.1, -0.05) is 34.9 Å². The molecule has 6 atom stereocenters. The van der Waals surface area contributed by atoms with E-state index in [2.05, 4.69) is 28.8 Å². The van der Waals surface area contributed by atoms with E-state index >= 15 is 0 Å². The van der Waals surface area contributed by atoms with Crippen LogP contribution in [0.1, 0.15) is 19.8 Å². The van der Waals surface area contributed by atoms with Crippen molar-refractivity contribution in [2.75, 3.05) is 0 Å². The van der Waals surface area contributed by atoms with E-state index in [1.165, 1.54) is 0 Å². The smallest absolute Gasteiger partial charge is 0.128 e. The first-order valence-electron chi connectivity index (χ1n) is 6.64. The SMILES string of the molecule is C#C/C=C\[C@@H](Cl)C1C2CC3O/C(=C(\Br)CC)C1C3O2. The number of fused-ring (bicyclic) bond motifs is 1. The minimum atomic E-state index is -0.106. The van der Waals surface area contributed by atoms with Crippen LogP contribution in [0.4, 0.5) is 0 Å². The molecule has 0 aliphatic carbocycles. The topological polar surface area (TPSA) is 18.5 Å². The molecule has 3 saturated heterocycles. The lowest BCUT2D eigenvalue weighted by atomic mass is 9.77. The van der Waals surface area contributed by atoms with Crippen molar-refractivity contribution < 1.29 is 9.47 Å². The van der Waals surface area contributed by atoms with Crippen molar-refractivity contribution in [2.24, 2.45) is 11.8 Å². The number of ether oxygens (including phenoxy) is 2. The van der Waals surface area contributed by atoms with Crippen molar-refractivity contribution >= 4 is 27.5 Å². The van der Waals surface area contributed by atoms with Crippen molar-refractivity contribution in [3.8, 4) is 12.3 Å². The Hall–Kier alpha value is -0.430. The standard InChI is InChI=1S/C15H16BrClO2/c1-3-5-6-9(17)12-10-7-11-15(18-10)13(12)14(19-11)8(16)4-2/h1,5-6,9-13,15H,4,7H2,2H3/b6-5-,14-8-/t9-,10?,11?,12?,13?,15?/m1/s1. The van der Waals surface area contributed by atoms with Crippen LogP contribution in [-0.2, 0) is 9.47 Å². The van der Waals surface area contributed by atoms with E-state index in [1.54, 1.807) is 6.08 Å². The molecule has 3 heterocycles. The van der Waals surface area contributed by atoms with Gasteiger partial charge in [0.2, 0.25) is 0 Å². The Morgan fingerprint density at radius 3 is 3.11 bits per heavy atom. The van der Waals surface area contributed by atoms with Crippen molar-refractivity contribution in [3.05, 3.63) is 22.4 Å². The van der Waals surface area contributed by atoms with Gasteiger partial charge in [0.1, 0.15) is 18.0 Å². The predicted octanol–water partition coefficient (Wildman–Crippen LogP) is 3.60. The number of halogens is 2. The highest BCUT2D eigenvalue weighted by Crippen LogP contribution is 2.56. The normalized spacial score (nSPS) is 43.4. The Morgan fingerprint density at radius 2 is 2.42 bits per heavy atom. The molecule has 3 fully saturated rings. The number of hydrogen-bond acceptors (Lipinski definition) is 2. The first kappa shape index (κ1) is 13.5. The summed E-state index contributed by atoms with van der Waals surface area (Å²) in [7, 11) is 0. The van der Waals surface area contributed by atoms with E-state index in [0.29, 0.717) is 0 Å². The van der Waals surface area contributed by atoms with E-state index in [0.717, 1.165) is 23.1 Å². The predicted molar refractivity (Wildman–Crippen MR) is 79.0 cm³/mol. The van der Waals surface area contributed by atoms with Gasteiger partial charge >= 0.3 is 0 Å². The maximum atomic E-state index is 6.51. The van der Waals surface area contributed by atoms with Gasteiger partial charge in [-0.3, -0.25) is 0 Å². The molecular formula is C15H16BrClO2. The summed E-state index contributed by atoms with van der Waals surface area (Å²) in [5.41, 5.74) is 0. The Labute approximate surface area is 127 Å². The van der Waals surface area contributed by atoms with E-state index in [4.69, 9.17) is 27.5 Å². The van der Waals surface area contributed by atoms with Gasteiger partial charge in [-0.15, -0.1) is 18.0 Å². The third kappa shape index (κ3) is 2.05. The maximum absolute atomic E-state index is 6.51. The number of hydrogen-bond donors (Lipinski definition) is 0. The molecule has 19 heavy (non-hydrogen) atoms. The maximum Gasteiger partial charge on any atom is 0.128 e. The van der Waals surface area contributed by atoms with E-state index in [1.807, 2.05) is 6.08 Å². The fourth-order valence-electron chi connectivity index (χ4n) is 3.50. The Bertz CT molecular complexity index is 477. The van der Waals surface area contributed by atoms with Crippen molar-refractivity contribution in [3.63, 3.8) is 0 Å². The summed E-state index contributed by atoms with van der Waals surface area (Å²) < 4.78 is 13.2. The molecule has 3 rings (SSSR count). The summed E-state index contributed by atoms with van der Waals surface area (Å²) in [5.74, 6) is 4.06. The minimum absolute atomic E-state index is 0.106.